The molecule has 1 aromatic carbocycles. The van der Waals surface area contributed by atoms with Crippen LogP contribution in [0.25, 0.3) is 0 Å². The van der Waals surface area contributed by atoms with E-state index >= 15 is 0 Å². The largest absolute Gasteiger partial charge is 0.377 e. The third-order valence-electron chi connectivity index (χ3n) is 4.01. The lowest BCUT2D eigenvalue weighted by Gasteiger charge is -2.32. The third kappa shape index (κ3) is 8.62. The van der Waals surface area contributed by atoms with Crippen LogP contribution >= 0.6 is 0 Å². The molecule has 7 heteroatoms. The Hall–Kier alpha value is -2.44. The van der Waals surface area contributed by atoms with E-state index in [4.69, 9.17) is 0 Å². The Balaban J connectivity index is 3.15. The minimum absolute atomic E-state index is 0.0215. The molecule has 0 aliphatic heterocycles. The fourth-order valence-corrected chi connectivity index (χ4v) is 2.79. The third-order valence-corrected chi connectivity index (χ3v) is 4.01. The maximum Gasteiger partial charge on any atom is 0.319 e. The number of nitrogens with one attached hydrogen (secondary N) is 3. The van der Waals surface area contributed by atoms with Gasteiger partial charge in [0.15, 0.2) is 0 Å². The second-order valence-corrected chi connectivity index (χ2v) is 9.97. The molecule has 0 atom stereocenters. The summed E-state index contributed by atoms with van der Waals surface area (Å²) in [5.74, 6) is 0. The molecule has 0 heterocycles. The van der Waals surface area contributed by atoms with E-state index in [0.29, 0.717) is 12.2 Å². The first-order valence-electron chi connectivity index (χ1n) is 10.1. The molecule has 0 fully saturated rings. The maximum absolute atomic E-state index is 12.8. The topological polar surface area (TPSA) is 76.7 Å². The molecule has 0 radical (unpaired) electrons. The fourth-order valence-electron chi connectivity index (χ4n) is 2.79. The number of hydrogen-bond donors (Lipinski definition) is 3. The molecule has 0 bridgehead atoms. The van der Waals surface area contributed by atoms with Crippen molar-refractivity contribution in [2.24, 2.45) is 0 Å². The van der Waals surface area contributed by atoms with Gasteiger partial charge >= 0.3 is 12.1 Å². The van der Waals surface area contributed by atoms with Gasteiger partial charge in [0, 0.05) is 49.1 Å². The van der Waals surface area contributed by atoms with E-state index in [1.54, 1.807) is 4.90 Å². The Bertz CT molecular complexity index is 715. The number of carbonyl (C=O) groups excluding carboxylic acids is 2. The van der Waals surface area contributed by atoms with Crippen molar-refractivity contribution in [3.8, 4) is 0 Å². The molecule has 0 aromatic heterocycles. The van der Waals surface area contributed by atoms with Crippen molar-refractivity contribution in [1.29, 1.82) is 0 Å². The zero-order valence-corrected chi connectivity index (χ0v) is 19.7. The summed E-state index contributed by atoms with van der Waals surface area (Å²) in [5, 5.41) is 8.82. The molecular weight excluding hydrogens is 366 g/mol. The van der Waals surface area contributed by atoms with Crippen molar-refractivity contribution < 1.29 is 9.59 Å². The molecule has 0 aliphatic carbocycles. The van der Waals surface area contributed by atoms with Crippen LogP contribution in [0.15, 0.2) is 18.2 Å². The summed E-state index contributed by atoms with van der Waals surface area (Å²) in [5.41, 5.74) is 2.01. The summed E-state index contributed by atoms with van der Waals surface area (Å²) in [6, 6.07) is 5.41. The quantitative estimate of drug-likeness (QED) is 0.680. The van der Waals surface area contributed by atoms with E-state index in [9.17, 15) is 9.59 Å². The number of rotatable bonds is 5. The lowest BCUT2D eigenvalue weighted by atomic mass is 10.1. The van der Waals surface area contributed by atoms with Crippen molar-refractivity contribution in [2.45, 2.75) is 79.1 Å². The summed E-state index contributed by atoms with van der Waals surface area (Å²) in [4.78, 5) is 28.9. The summed E-state index contributed by atoms with van der Waals surface area (Å²) < 4.78 is 0. The molecule has 1 rings (SSSR count). The Labute approximate surface area is 176 Å². The van der Waals surface area contributed by atoms with Crippen LogP contribution in [0.1, 0.15) is 61.0 Å². The van der Waals surface area contributed by atoms with Gasteiger partial charge in [0.05, 0.1) is 0 Å². The fraction of sp³-hybridized carbons (Fsp3) is 0.636. The average molecular weight is 406 g/mol. The van der Waals surface area contributed by atoms with Gasteiger partial charge in [0.2, 0.25) is 0 Å². The molecule has 29 heavy (non-hydrogen) atoms. The summed E-state index contributed by atoms with van der Waals surface area (Å²) in [6.45, 7) is 16.1. The Morgan fingerprint density at radius 3 is 1.97 bits per heavy atom. The van der Waals surface area contributed by atoms with E-state index in [1.807, 2.05) is 92.6 Å². The monoisotopic (exact) mass is 405 g/mol. The second-order valence-electron chi connectivity index (χ2n) is 9.97. The molecule has 0 saturated heterocycles. The van der Waals surface area contributed by atoms with Crippen molar-refractivity contribution in [1.82, 2.24) is 15.5 Å². The minimum atomic E-state index is -0.323. The van der Waals surface area contributed by atoms with Crippen molar-refractivity contribution in [3.63, 3.8) is 0 Å². The van der Waals surface area contributed by atoms with Gasteiger partial charge in [-0.25, -0.2) is 9.59 Å². The molecule has 0 unspecified atom stereocenters. The summed E-state index contributed by atoms with van der Waals surface area (Å²) in [7, 11) is 3.93. The van der Waals surface area contributed by atoms with E-state index in [0.717, 1.165) is 11.3 Å². The Morgan fingerprint density at radius 1 is 0.966 bits per heavy atom. The van der Waals surface area contributed by atoms with Gasteiger partial charge in [0.1, 0.15) is 0 Å². The van der Waals surface area contributed by atoms with E-state index in [-0.39, 0.29) is 29.2 Å². The molecule has 3 N–H and O–H groups in total. The number of carbonyl (C=O) groups is 2. The molecule has 0 spiro atoms. The maximum atomic E-state index is 12.8. The standard InChI is InChI=1S/C22H39N5O2/c1-15(2)27(20(29)25-22(6,7)8)14-16-13-17(11-12-18(16)26(9)10)23-19(28)24-21(3,4)5/h11-13,15H,14H2,1-10H3,(H,25,29)(H2,23,24,28). The van der Waals surface area contributed by atoms with Crippen LogP contribution in [-0.2, 0) is 6.54 Å². The van der Waals surface area contributed by atoms with Crippen LogP contribution in [0, 0.1) is 0 Å². The minimum Gasteiger partial charge on any atom is -0.377 e. The molecule has 0 saturated carbocycles. The molecule has 0 aliphatic rings. The predicted molar refractivity (Wildman–Crippen MR) is 122 cm³/mol. The van der Waals surface area contributed by atoms with Gasteiger partial charge in [-0.2, -0.15) is 0 Å². The highest BCUT2D eigenvalue weighted by Gasteiger charge is 2.23. The molecule has 1 aromatic rings. The van der Waals surface area contributed by atoms with Crippen molar-refractivity contribution in [2.75, 3.05) is 24.3 Å². The van der Waals surface area contributed by atoms with Gasteiger partial charge in [-0.1, -0.05) is 0 Å². The number of amides is 4. The zero-order chi connectivity index (χ0) is 22.6. The Kier molecular flexibility index (Phi) is 7.95. The average Bonchev–Trinajstić information content (AvgIpc) is 2.48. The van der Waals surface area contributed by atoms with E-state index < -0.39 is 0 Å². The SMILES string of the molecule is CC(C)N(Cc1cc(NC(=O)NC(C)(C)C)ccc1N(C)C)C(=O)NC(C)(C)C. The highest BCUT2D eigenvalue weighted by Crippen LogP contribution is 2.25. The number of nitrogens with zero attached hydrogens (tertiary/aromatic N) is 2. The molecule has 164 valence electrons. The number of urea groups is 2. The normalized spacial score (nSPS) is 11.8. The van der Waals surface area contributed by atoms with Gasteiger partial charge < -0.3 is 25.8 Å². The highest BCUT2D eigenvalue weighted by molar-refractivity contribution is 5.90. The number of anilines is 2. The van der Waals surface area contributed by atoms with Crippen LogP contribution in [0.2, 0.25) is 0 Å². The first kappa shape index (κ1) is 24.6. The van der Waals surface area contributed by atoms with Crippen LogP contribution in [0.4, 0.5) is 21.0 Å². The van der Waals surface area contributed by atoms with Crippen LogP contribution in [0.5, 0.6) is 0 Å². The second kappa shape index (κ2) is 9.37. The van der Waals surface area contributed by atoms with Crippen molar-refractivity contribution in [3.05, 3.63) is 23.8 Å². The van der Waals surface area contributed by atoms with E-state index in [1.165, 1.54) is 0 Å². The lowest BCUT2D eigenvalue weighted by Crippen LogP contribution is -2.50. The molecular formula is C22H39N5O2. The molecule has 4 amide bonds. The summed E-state index contributed by atoms with van der Waals surface area (Å²) >= 11 is 0. The predicted octanol–water partition coefficient (Wildman–Crippen LogP) is 4.39. The first-order chi connectivity index (χ1) is 13.1. The van der Waals surface area contributed by atoms with Gasteiger partial charge in [-0.05, 0) is 79.2 Å². The zero-order valence-electron chi connectivity index (χ0n) is 19.7. The van der Waals surface area contributed by atoms with Crippen molar-refractivity contribution >= 4 is 23.4 Å². The van der Waals surface area contributed by atoms with E-state index in [2.05, 4.69) is 16.0 Å². The van der Waals surface area contributed by atoms with Crippen LogP contribution < -0.4 is 20.9 Å². The highest BCUT2D eigenvalue weighted by atomic mass is 16.2. The summed E-state index contributed by atoms with van der Waals surface area (Å²) in [6.07, 6.45) is 0. The van der Waals surface area contributed by atoms with Gasteiger partial charge in [-0.3, -0.25) is 0 Å². The van der Waals surface area contributed by atoms with Gasteiger partial charge in [0.25, 0.3) is 0 Å². The van der Waals surface area contributed by atoms with Gasteiger partial charge in [-0.15, -0.1) is 0 Å². The number of hydrogen-bond acceptors (Lipinski definition) is 3. The Morgan fingerprint density at radius 2 is 1.52 bits per heavy atom. The van der Waals surface area contributed by atoms with Crippen LogP contribution in [-0.4, -0.2) is 48.2 Å². The first-order valence-corrected chi connectivity index (χ1v) is 10.1. The smallest absolute Gasteiger partial charge is 0.319 e. The van der Waals surface area contributed by atoms with Crippen LogP contribution in [0.3, 0.4) is 0 Å². The molecule has 7 nitrogen and oxygen atoms in total. The number of benzene rings is 1. The lowest BCUT2D eigenvalue weighted by molar-refractivity contribution is 0.171.